The Bertz CT molecular complexity index is 1440. The summed E-state index contributed by atoms with van der Waals surface area (Å²) in [7, 11) is -1.91. The lowest BCUT2D eigenvalue weighted by Crippen LogP contribution is -2.11. The Labute approximate surface area is 191 Å². The molecule has 2 aromatic carbocycles. The van der Waals surface area contributed by atoms with Crippen molar-refractivity contribution in [2.45, 2.75) is 25.3 Å². The van der Waals surface area contributed by atoms with Crippen molar-refractivity contribution in [3.63, 3.8) is 0 Å². The molecular weight excluding hydrogens is 444 g/mol. The predicted molar refractivity (Wildman–Crippen MR) is 125 cm³/mol. The van der Waals surface area contributed by atoms with Crippen LogP contribution in [0.15, 0.2) is 53.6 Å². The zero-order chi connectivity index (χ0) is 23.6. The van der Waals surface area contributed by atoms with E-state index in [9.17, 15) is 13.2 Å². The molecule has 8 nitrogen and oxygen atoms in total. The van der Waals surface area contributed by atoms with E-state index in [1.807, 2.05) is 6.07 Å². The van der Waals surface area contributed by atoms with Crippen LogP contribution in [-0.2, 0) is 25.9 Å². The second-order valence-corrected chi connectivity index (χ2v) is 9.56. The highest BCUT2D eigenvalue weighted by Crippen LogP contribution is 2.35. The number of fused-ring (bicyclic) bond motifs is 3. The van der Waals surface area contributed by atoms with Crippen LogP contribution >= 0.6 is 0 Å². The topological polar surface area (TPSA) is 108 Å². The van der Waals surface area contributed by atoms with Crippen LogP contribution in [0.2, 0.25) is 0 Å². The van der Waals surface area contributed by atoms with Crippen molar-refractivity contribution in [2.75, 3.05) is 19.5 Å². The Morgan fingerprint density at radius 3 is 2.61 bits per heavy atom. The van der Waals surface area contributed by atoms with Crippen molar-refractivity contribution in [1.29, 1.82) is 0 Å². The van der Waals surface area contributed by atoms with Gasteiger partial charge in [0.05, 0.1) is 30.7 Å². The highest BCUT2D eigenvalue weighted by Gasteiger charge is 2.21. The number of carbonyl (C=O) groups excluding carboxylic acids is 1. The molecule has 2 aromatic heterocycles. The molecule has 0 aliphatic rings. The van der Waals surface area contributed by atoms with Crippen LogP contribution in [-0.4, -0.2) is 43.8 Å². The second kappa shape index (κ2) is 9.21. The first-order valence-corrected chi connectivity index (χ1v) is 12.1. The molecule has 33 heavy (non-hydrogen) atoms. The first-order valence-electron chi connectivity index (χ1n) is 10.5. The van der Waals surface area contributed by atoms with Crippen LogP contribution in [0.3, 0.4) is 0 Å². The van der Waals surface area contributed by atoms with Crippen molar-refractivity contribution >= 4 is 37.6 Å². The van der Waals surface area contributed by atoms with Gasteiger partial charge in [0.1, 0.15) is 16.4 Å². The number of nitrogens with zero attached hydrogens (tertiary/aromatic N) is 1. The fourth-order valence-corrected chi connectivity index (χ4v) is 4.75. The SMILES string of the molecule is CCOC(=O)c1ncc2[nH]c3ccc(Oc4ccccc4S(=O)(=O)CC)cc3c2c1COC. The van der Waals surface area contributed by atoms with Gasteiger partial charge in [-0.15, -0.1) is 0 Å². The summed E-state index contributed by atoms with van der Waals surface area (Å²) >= 11 is 0. The number of H-pyrrole nitrogens is 1. The van der Waals surface area contributed by atoms with E-state index in [1.54, 1.807) is 57.5 Å². The van der Waals surface area contributed by atoms with Gasteiger partial charge in [-0.05, 0) is 37.3 Å². The van der Waals surface area contributed by atoms with Crippen molar-refractivity contribution in [1.82, 2.24) is 9.97 Å². The summed E-state index contributed by atoms with van der Waals surface area (Å²) in [4.78, 5) is 20.2. The van der Waals surface area contributed by atoms with Gasteiger partial charge in [-0.1, -0.05) is 19.1 Å². The van der Waals surface area contributed by atoms with Crippen LogP contribution in [0.1, 0.15) is 29.9 Å². The lowest BCUT2D eigenvalue weighted by molar-refractivity contribution is 0.0514. The summed E-state index contributed by atoms with van der Waals surface area (Å²) in [6, 6.07) is 11.9. The van der Waals surface area contributed by atoms with E-state index in [4.69, 9.17) is 14.2 Å². The molecule has 4 rings (SSSR count). The second-order valence-electron chi connectivity index (χ2n) is 7.31. The molecule has 0 bridgehead atoms. The molecule has 0 aliphatic heterocycles. The zero-order valence-electron chi connectivity index (χ0n) is 18.5. The Hall–Kier alpha value is -3.43. The Morgan fingerprint density at radius 1 is 1.09 bits per heavy atom. The highest BCUT2D eigenvalue weighted by atomic mass is 32.2. The monoisotopic (exact) mass is 468 g/mol. The zero-order valence-corrected chi connectivity index (χ0v) is 19.4. The molecule has 0 aliphatic carbocycles. The number of ether oxygens (including phenoxy) is 3. The van der Waals surface area contributed by atoms with Crippen molar-refractivity contribution < 1.29 is 27.4 Å². The van der Waals surface area contributed by atoms with Gasteiger partial charge in [0.25, 0.3) is 0 Å². The van der Waals surface area contributed by atoms with E-state index < -0.39 is 15.8 Å². The number of carbonyl (C=O) groups is 1. The average molecular weight is 469 g/mol. The minimum atomic E-state index is -3.46. The molecule has 172 valence electrons. The van der Waals surface area contributed by atoms with Crippen LogP contribution in [0, 0.1) is 0 Å². The Morgan fingerprint density at radius 2 is 1.88 bits per heavy atom. The van der Waals surface area contributed by atoms with Crippen LogP contribution in [0.4, 0.5) is 0 Å². The Kier molecular flexibility index (Phi) is 6.35. The minimum Gasteiger partial charge on any atom is -0.461 e. The molecule has 0 saturated carbocycles. The van der Waals surface area contributed by atoms with Gasteiger partial charge in [0, 0.05) is 29.0 Å². The molecule has 4 aromatic rings. The van der Waals surface area contributed by atoms with Gasteiger partial charge >= 0.3 is 5.97 Å². The number of sulfone groups is 1. The molecule has 0 atom stereocenters. The molecule has 0 radical (unpaired) electrons. The van der Waals surface area contributed by atoms with Crippen LogP contribution < -0.4 is 4.74 Å². The van der Waals surface area contributed by atoms with Crippen molar-refractivity contribution in [3.05, 3.63) is 59.9 Å². The molecule has 0 unspecified atom stereocenters. The predicted octanol–water partition coefficient (Wildman–Crippen LogP) is 4.63. The summed E-state index contributed by atoms with van der Waals surface area (Å²) in [6.07, 6.45) is 1.59. The lowest BCUT2D eigenvalue weighted by atomic mass is 10.1. The molecule has 1 N–H and O–H groups in total. The largest absolute Gasteiger partial charge is 0.461 e. The number of pyridine rings is 1. The minimum absolute atomic E-state index is 0.0289. The fourth-order valence-electron chi connectivity index (χ4n) is 3.74. The number of hydrogen-bond acceptors (Lipinski definition) is 7. The highest BCUT2D eigenvalue weighted by molar-refractivity contribution is 7.91. The summed E-state index contributed by atoms with van der Waals surface area (Å²) < 4.78 is 41.5. The van der Waals surface area contributed by atoms with E-state index in [2.05, 4.69) is 9.97 Å². The summed E-state index contributed by atoms with van der Waals surface area (Å²) in [5.74, 6) is 0.162. The number of para-hydroxylation sites is 1. The third-order valence-electron chi connectivity index (χ3n) is 5.26. The van der Waals surface area contributed by atoms with E-state index in [0.29, 0.717) is 11.3 Å². The lowest BCUT2D eigenvalue weighted by Gasteiger charge is -2.11. The van der Waals surface area contributed by atoms with Gasteiger partial charge in [0.2, 0.25) is 0 Å². The molecule has 9 heteroatoms. The number of benzene rings is 2. The molecule has 0 amide bonds. The number of aromatic nitrogens is 2. The number of aromatic amines is 1. The molecule has 2 heterocycles. The van der Waals surface area contributed by atoms with Crippen molar-refractivity contribution in [2.24, 2.45) is 0 Å². The van der Waals surface area contributed by atoms with E-state index in [0.717, 1.165) is 21.8 Å². The van der Waals surface area contributed by atoms with E-state index >= 15 is 0 Å². The molecular formula is C24H24N2O6S. The van der Waals surface area contributed by atoms with Gasteiger partial charge < -0.3 is 19.2 Å². The van der Waals surface area contributed by atoms with E-state index in [1.165, 1.54) is 6.07 Å². The quantitative estimate of drug-likeness (QED) is 0.376. The Balaban J connectivity index is 1.86. The number of esters is 1. The standard InChI is InChI=1S/C24H24N2O6S/c1-4-31-24(27)23-17(14-30-3)22-16-12-15(10-11-18(16)26-19(22)13-25-23)32-20-8-6-7-9-21(20)33(28,29)5-2/h6-13,26H,4-5,14H2,1-3H3. The van der Waals surface area contributed by atoms with Crippen LogP contribution in [0.25, 0.3) is 21.8 Å². The van der Waals surface area contributed by atoms with Gasteiger partial charge in [0.15, 0.2) is 15.5 Å². The third kappa shape index (κ3) is 4.29. The number of methoxy groups -OCH3 is 1. The van der Waals surface area contributed by atoms with Crippen molar-refractivity contribution in [3.8, 4) is 11.5 Å². The molecule has 0 saturated heterocycles. The smallest absolute Gasteiger partial charge is 0.357 e. The number of rotatable bonds is 8. The van der Waals surface area contributed by atoms with Crippen LogP contribution in [0.5, 0.6) is 11.5 Å². The van der Waals surface area contributed by atoms with Gasteiger partial charge in [-0.3, -0.25) is 0 Å². The first-order chi connectivity index (χ1) is 15.9. The van der Waals surface area contributed by atoms with Gasteiger partial charge in [-0.25, -0.2) is 18.2 Å². The van der Waals surface area contributed by atoms with E-state index in [-0.39, 0.29) is 35.3 Å². The average Bonchev–Trinajstić information content (AvgIpc) is 3.18. The maximum absolute atomic E-state index is 12.5. The molecule has 0 spiro atoms. The normalized spacial score (nSPS) is 11.7. The fraction of sp³-hybridized carbons (Fsp3) is 0.250. The maximum atomic E-state index is 12.5. The number of nitrogens with one attached hydrogen (secondary N) is 1. The van der Waals surface area contributed by atoms with Gasteiger partial charge in [-0.2, -0.15) is 0 Å². The maximum Gasteiger partial charge on any atom is 0.357 e. The first kappa shape index (κ1) is 22.8. The molecule has 0 fully saturated rings. The third-order valence-corrected chi connectivity index (χ3v) is 7.03. The summed E-state index contributed by atoms with van der Waals surface area (Å²) in [5, 5.41) is 1.56. The summed E-state index contributed by atoms with van der Waals surface area (Å²) in [5.41, 5.74) is 2.34. The number of hydrogen-bond donors (Lipinski definition) is 1. The summed E-state index contributed by atoms with van der Waals surface area (Å²) in [6.45, 7) is 3.72.